The predicted octanol–water partition coefficient (Wildman–Crippen LogP) is 5.37. The zero-order chi connectivity index (χ0) is 21.8. The standard InChI is InChI=1S/C22H21F3N4OS/c23-22(24,25)15-7-6-8-16(13-15)26-19(30)14-31-21-20(29-11-4-1-5-12-29)27-17-9-2-3-10-18(17)28-21/h2-3,6-10,13H,1,4-5,11-12,14H2,(H,26,30). The number of nitrogens with one attached hydrogen (secondary N) is 1. The van der Waals surface area contributed by atoms with Crippen LogP contribution in [0, 0.1) is 0 Å². The average molecular weight is 446 g/mol. The van der Waals surface area contributed by atoms with E-state index in [1.807, 2.05) is 24.3 Å². The van der Waals surface area contributed by atoms with Crippen molar-refractivity contribution >= 4 is 40.2 Å². The largest absolute Gasteiger partial charge is 0.416 e. The minimum absolute atomic E-state index is 0.0180. The van der Waals surface area contributed by atoms with Crippen molar-refractivity contribution in [3.05, 3.63) is 54.1 Å². The number of para-hydroxylation sites is 2. The molecule has 2 heterocycles. The summed E-state index contributed by atoms with van der Waals surface area (Å²) >= 11 is 1.24. The van der Waals surface area contributed by atoms with E-state index in [2.05, 4.69) is 10.2 Å². The lowest BCUT2D eigenvalue weighted by Crippen LogP contribution is -2.31. The van der Waals surface area contributed by atoms with E-state index in [0.29, 0.717) is 5.03 Å². The molecule has 3 aromatic rings. The molecule has 4 rings (SSSR count). The van der Waals surface area contributed by atoms with Gasteiger partial charge in [0, 0.05) is 18.8 Å². The Labute approximate surface area is 182 Å². The monoisotopic (exact) mass is 446 g/mol. The van der Waals surface area contributed by atoms with Gasteiger partial charge >= 0.3 is 6.18 Å². The molecule has 1 aromatic heterocycles. The van der Waals surface area contributed by atoms with E-state index < -0.39 is 17.6 Å². The van der Waals surface area contributed by atoms with Crippen LogP contribution < -0.4 is 10.2 Å². The van der Waals surface area contributed by atoms with E-state index >= 15 is 0 Å². The maximum Gasteiger partial charge on any atom is 0.416 e. The lowest BCUT2D eigenvalue weighted by Gasteiger charge is -2.29. The number of hydrogen-bond acceptors (Lipinski definition) is 5. The van der Waals surface area contributed by atoms with Gasteiger partial charge in [0.2, 0.25) is 5.91 Å². The molecule has 2 aromatic carbocycles. The summed E-state index contributed by atoms with van der Waals surface area (Å²) in [5.41, 5.74) is 0.844. The number of carbonyl (C=O) groups excluding carboxylic acids is 1. The van der Waals surface area contributed by atoms with Gasteiger partial charge in [-0.3, -0.25) is 4.79 Å². The Morgan fingerprint density at radius 2 is 1.71 bits per heavy atom. The van der Waals surface area contributed by atoms with Gasteiger partial charge in [0.05, 0.1) is 22.3 Å². The van der Waals surface area contributed by atoms with Crippen molar-refractivity contribution in [2.75, 3.05) is 29.1 Å². The van der Waals surface area contributed by atoms with Gasteiger partial charge < -0.3 is 10.2 Å². The van der Waals surface area contributed by atoms with Crippen LogP contribution in [0.4, 0.5) is 24.7 Å². The van der Waals surface area contributed by atoms with Gasteiger partial charge in [0.1, 0.15) is 5.03 Å². The molecule has 0 bridgehead atoms. The van der Waals surface area contributed by atoms with Crippen LogP contribution in [-0.4, -0.2) is 34.7 Å². The van der Waals surface area contributed by atoms with Gasteiger partial charge in [0.25, 0.3) is 0 Å². The quantitative estimate of drug-likeness (QED) is 0.534. The van der Waals surface area contributed by atoms with Crippen molar-refractivity contribution in [2.45, 2.75) is 30.5 Å². The van der Waals surface area contributed by atoms with Crippen molar-refractivity contribution in [2.24, 2.45) is 0 Å². The number of anilines is 2. The lowest BCUT2D eigenvalue weighted by atomic mass is 10.1. The molecule has 1 aliphatic heterocycles. The highest BCUT2D eigenvalue weighted by Crippen LogP contribution is 2.32. The molecule has 1 aliphatic rings. The number of halogens is 3. The topological polar surface area (TPSA) is 58.1 Å². The van der Waals surface area contributed by atoms with E-state index in [0.717, 1.165) is 54.9 Å². The van der Waals surface area contributed by atoms with Crippen LogP contribution in [0.5, 0.6) is 0 Å². The number of carbonyl (C=O) groups is 1. The number of piperidine rings is 1. The molecule has 1 fully saturated rings. The summed E-state index contributed by atoms with van der Waals surface area (Å²) in [5, 5.41) is 3.19. The molecule has 31 heavy (non-hydrogen) atoms. The number of fused-ring (bicyclic) bond motifs is 1. The summed E-state index contributed by atoms with van der Waals surface area (Å²) in [7, 11) is 0. The summed E-state index contributed by atoms with van der Waals surface area (Å²) in [6.07, 6.45) is -1.12. The molecule has 162 valence electrons. The van der Waals surface area contributed by atoms with E-state index in [9.17, 15) is 18.0 Å². The van der Waals surface area contributed by atoms with Crippen LogP contribution in [0.1, 0.15) is 24.8 Å². The fourth-order valence-corrected chi connectivity index (χ4v) is 4.29. The van der Waals surface area contributed by atoms with Crippen LogP contribution in [0.25, 0.3) is 11.0 Å². The summed E-state index contributed by atoms with van der Waals surface area (Å²) in [5.74, 6) is 0.378. The summed E-state index contributed by atoms with van der Waals surface area (Å²) in [6.45, 7) is 1.77. The lowest BCUT2D eigenvalue weighted by molar-refractivity contribution is -0.137. The van der Waals surface area contributed by atoms with E-state index in [1.54, 1.807) is 0 Å². The minimum atomic E-state index is -4.46. The Bertz CT molecular complexity index is 1080. The van der Waals surface area contributed by atoms with Crippen LogP contribution in [0.2, 0.25) is 0 Å². The van der Waals surface area contributed by atoms with Crippen LogP contribution in [0.15, 0.2) is 53.6 Å². The van der Waals surface area contributed by atoms with Crippen LogP contribution >= 0.6 is 11.8 Å². The number of hydrogen-bond donors (Lipinski definition) is 1. The number of benzene rings is 2. The van der Waals surface area contributed by atoms with Gasteiger partial charge in [-0.25, -0.2) is 9.97 Å². The Morgan fingerprint density at radius 1 is 1.00 bits per heavy atom. The normalized spacial score (nSPS) is 14.6. The first-order valence-electron chi connectivity index (χ1n) is 10.0. The second kappa shape index (κ2) is 9.13. The molecule has 0 unspecified atom stereocenters. The highest BCUT2D eigenvalue weighted by Gasteiger charge is 2.30. The molecular formula is C22H21F3N4OS. The molecule has 0 radical (unpaired) electrons. The van der Waals surface area contributed by atoms with E-state index in [1.165, 1.54) is 30.3 Å². The fourth-order valence-electron chi connectivity index (χ4n) is 3.49. The third-order valence-corrected chi connectivity index (χ3v) is 5.94. The minimum Gasteiger partial charge on any atom is -0.354 e. The number of alkyl halides is 3. The van der Waals surface area contributed by atoms with Crippen molar-refractivity contribution in [1.82, 2.24) is 9.97 Å². The zero-order valence-electron chi connectivity index (χ0n) is 16.7. The molecule has 0 atom stereocenters. The van der Waals surface area contributed by atoms with E-state index in [4.69, 9.17) is 9.97 Å². The summed E-state index contributed by atoms with van der Waals surface area (Å²) in [4.78, 5) is 24.1. The molecule has 0 saturated carbocycles. The predicted molar refractivity (Wildman–Crippen MR) is 116 cm³/mol. The van der Waals surface area contributed by atoms with Crippen LogP contribution in [0.3, 0.4) is 0 Å². The smallest absolute Gasteiger partial charge is 0.354 e. The first-order valence-corrected chi connectivity index (χ1v) is 11.0. The molecule has 0 spiro atoms. The maximum absolute atomic E-state index is 12.9. The summed E-state index contributed by atoms with van der Waals surface area (Å²) in [6, 6.07) is 12.2. The maximum atomic E-state index is 12.9. The third-order valence-electron chi connectivity index (χ3n) is 4.99. The van der Waals surface area contributed by atoms with Crippen molar-refractivity contribution in [3.63, 3.8) is 0 Å². The molecule has 1 N–H and O–H groups in total. The van der Waals surface area contributed by atoms with Crippen molar-refractivity contribution in [1.29, 1.82) is 0 Å². The van der Waals surface area contributed by atoms with E-state index in [-0.39, 0.29) is 11.4 Å². The van der Waals surface area contributed by atoms with Gasteiger partial charge in [-0.2, -0.15) is 13.2 Å². The Kier molecular flexibility index (Phi) is 6.31. The van der Waals surface area contributed by atoms with Crippen molar-refractivity contribution in [3.8, 4) is 0 Å². The molecule has 5 nitrogen and oxygen atoms in total. The second-order valence-electron chi connectivity index (χ2n) is 7.30. The molecule has 9 heteroatoms. The number of amides is 1. The Balaban J connectivity index is 1.51. The third kappa shape index (κ3) is 5.28. The zero-order valence-corrected chi connectivity index (χ0v) is 17.5. The number of thioether (sulfide) groups is 1. The number of aromatic nitrogens is 2. The number of nitrogens with zero attached hydrogens (tertiary/aromatic N) is 3. The van der Waals surface area contributed by atoms with Gasteiger partial charge in [-0.05, 0) is 49.6 Å². The first-order chi connectivity index (χ1) is 14.9. The summed E-state index contributed by atoms with van der Waals surface area (Å²) < 4.78 is 38.7. The van der Waals surface area contributed by atoms with Gasteiger partial charge in [0.15, 0.2) is 5.82 Å². The average Bonchev–Trinajstić information content (AvgIpc) is 2.77. The van der Waals surface area contributed by atoms with Gasteiger partial charge in [-0.15, -0.1) is 0 Å². The SMILES string of the molecule is O=C(CSc1nc2ccccc2nc1N1CCCCC1)Nc1cccc(C(F)(F)F)c1. The molecule has 1 amide bonds. The Hall–Kier alpha value is -2.81. The molecular weight excluding hydrogens is 425 g/mol. The first kappa shape index (κ1) is 21.4. The highest BCUT2D eigenvalue weighted by atomic mass is 32.2. The Morgan fingerprint density at radius 3 is 2.42 bits per heavy atom. The number of rotatable bonds is 5. The molecule has 1 saturated heterocycles. The second-order valence-corrected chi connectivity index (χ2v) is 8.27. The highest BCUT2D eigenvalue weighted by molar-refractivity contribution is 8.00. The molecule has 0 aliphatic carbocycles. The van der Waals surface area contributed by atoms with Crippen molar-refractivity contribution < 1.29 is 18.0 Å². The fraction of sp³-hybridized carbons (Fsp3) is 0.318. The van der Waals surface area contributed by atoms with Gasteiger partial charge in [-0.1, -0.05) is 30.0 Å². The van der Waals surface area contributed by atoms with Crippen LogP contribution in [-0.2, 0) is 11.0 Å².